The van der Waals surface area contributed by atoms with Gasteiger partial charge in [-0.15, -0.1) is 11.6 Å². The van der Waals surface area contributed by atoms with Crippen LogP contribution in [0.5, 0.6) is 0 Å². The van der Waals surface area contributed by atoms with Crippen molar-refractivity contribution in [2.24, 2.45) is 0 Å². The second-order valence-electron chi connectivity index (χ2n) is 5.11. The minimum atomic E-state index is -0.700. The molecule has 1 N–H and O–H groups in total. The maximum Gasteiger partial charge on any atom is 0.425 e. The largest absolute Gasteiger partial charge is 0.467 e. The fraction of sp³-hybridized carbons (Fsp3) is 0.818. The summed E-state index contributed by atoms with van der Waals surface area (Å²) in [6.07, 6.45) is -0.194. The van der Waals surface area contributed by atoms with Crippen LogP contribution in [0.25, 0.3) is 0 Å². The Balaban J connectivity index is 2.77. The van der Waals surface area contributed by atoms with Crippen molar-refractivity contribution in [3.8, 4) is 0 Å². The van der Waals surface area contributed by atoms with Gasteiger partial charge in [0.1, 0.15) is 5.60 Å². The van der Waals surface area contributed by atoms with Crippen LogP contribution in [0.1, 0.15) is 27.2 Å². The zero-order valence-electron chi connectivity index (χ0n) is 11.0. The maximum absolute atomic E-state index is 11.9. The van der Waals surface area contributed by atoms with Gasteiger partial charge in [-0.3, -0.25) is 0 Å². The van der Waals surface area contributed by atoms with Crippen molar-refractivity contribution < 1.29 is 19.1 Å². The van der Waals surface area contributed by atoms with Crippen molar-refractivity contribution in [3.63, 3.8) is 0 Å². The number of hydrogen-bond acceptors (Lipinski definition) is 5. The van der Waals surface area contributed by atoms with E-state index in [9.17, 15) is 9.59 Å². The average molecular weight is 279 g/mol. The summed E-state index contributed by atoms with van der Waals surface area (Å²) in [5, 5.41) is 1.16. The van der Waals surface area contributed by atoms with Crippen LogP contribution in [-0.4, -0.2) is 47.7 Å². The van der Waals surface area contributed by atoms with E-state index in [0.717, 1.165) is 5.01 Å². The molecule has 104 valence electrons. The van der Waals surface area contributed by atoms with Gasteiger partial charge >= 0.3 is 12.1 Å². The number of hydrazine groups is 1. The van der Waals surface area contributed by atoms with Gasteiger partial charge in [0.05, 0.1) is 7.11 Å². The number of nitrogens with one attached hydrogen (secondary N) is 1. The molecule has 18 heavy (non-hydrogen) atoms. The fourth-order valence-corrected chi connectivity index (χ4v) is 1.84. The van der Waals surface area contributed by atoms with Gasteiger partial charge in [-0.05, 0) is 27.2 Å². The first-order valence-corrected chi connectivity index (χ1v) is 6.24. The number of carbonyl (C=O) groups is 2. The number of esters is 1. The minimum absolute atomic E-state index is 0.150. The third-order valence-electron chi connectivity index (χ3n) is 2.39. The molecule has 1 saturated heterocycles. The van der Waals surface area contributed by atoms with Crippen LogP contribution < -0.4 is 5.43 Å². The van der Waals surface area contributed by atoms with Crippen LogP contribution in [0.15, 0.2) is 0 Å². The molecule has 1 heterocycles. The summed E-state index contributed by atoms with van der Waals surface area (Å²) in [4.78, 5) is 23.5. The van der Waals surface area contributed by atoms with Crippen molar-refractivity contribution in [2.45, 2.75) is 44.9 Å². The Hall–Kier alpha value is -1.01. The molecule has 1 amide bonds. The lowest BCUT2D eigenvalue weighted by Gasteiger charge is -2.27. The lowest BCUT2D eigenvalue weighted by molar-refractivity contribution is -0.146. The van der Waals surface area contributed by atoms with Crippen molar-refractivity contribution >= 4 is 23.7 Å². The minimum Gasteiger partial charge on any atom is -0.467 e. The summed E-state index contributed by atoms with van der Waals surface area (Å²) in [6, 6.07) is -0.850. The maximum atomic E-state index is 11.9. The van der Waals surface area contributed by atoms with E-state index in [4.69, 9.17) is 16.3 Å². The van der Waals surface area contributed by atoms with E-state index < -0.39 is 23.7 Å². The van der Waals surface area contributed by atoms with Crippen LogP contribution in [0.4, 0.5) is 4.79 Å². The van der Waals surface area contributed by atoms with Gasteiger partial charge in [0.25, 0.3) is 0 Å². The molecule has 0 radical (unpaired) electrons. The normalized spacial score (nSPS) is 23.9. The Kier molecular flexibility index (Phi) is 4.81. The van der Waals surface area contributed by atoms with E-state index >= 15 is 0 Å². The topological polar surface area (TPSA) is 67.9 Å². The molecule has 1 rings (SSSR count). The zero-order chi connectivity index (χ0) is 13.9. The van der Waals surface area contributed by atoms with Crippen molar-refractivity contribution in [1.29, 1.82) is 0 Å². The molecule has 0 bridgehead atoms. The number of nitrogens with zero attached hydrogens (tertiary/aromatic N) is 1. The number of rotatable bonds is 2. The molecule has 0 aliphatic carbocycles. The van der Waals surface area contributed by atoms with Gasteiger partial charge in [-0.1, -0.05) is 0 Å². The van der Waals surface area contributed by atoms with Crippen molar-refractivity contribution in [2.75, 3.05) is 13.0 Å². The van der Waals surface area contributed by atoms with E-state index in [2.05, 4.69) is 10.2 Å². The highest BCUT2D eigenvalue weighted by atomic mass is 35.5. The molecule has 7 heteroatoms. The molecule has 0 aromatic carbocycles. The van der Waals surface area contributed by atoms with E-state index in [1.165, 1.54) is 7.11 Å². The number of carbonyl (C=O) groups excluding carboxylic acids is 2. The molecule has 0 aromatic heterocycles. The van der Waals surface area contributed by atoms with Crippen LogP contribution in [0, 0.1) is 0 Å². The van der Waals surface area contributed by atoms with Gasteiger partial charge in [0.15, 0.2) is 6.04 Å². The lowest BCUT2D eigenvalue weighted by Crippen LogP contribution is -2.49. The predicted octanol–water partition coefficient (Wildman–Crippen LogP) is 1.28. The van der Waals surface area contributed by atoms with Crippen LogP contribution in [0.2, 0.25) is 0 Å². The van der Waals surface area contributed by atoms with Crippen LogP contribution in [0.3, 0.4) is 0 Å². The number of ether oxygens (including phenoxy) is 2. The number of amides is 1. The first-order valence-electron chi connectivity index (χ1n) is 5.70. The third-order valence-corrected chi connectivity index (χ3v) is 2.76. The van der Waals surface area contributed by atoms with Crippen molar-refractivity contribution in [1.82, 2.24) is 10.4 Å². The smallest absolute Gasteiger partial charge is 0.425 e. The van der Waals surface area contributed by atoms with E-state index in [1.54, 1.807) is 20.8 Å². The van der Waals surface area contributed by atoms with E-state index in [1.807, 2.05) is 0 Å². The molecule has 1 aliphatic rings. The number of alkyl halides is 1. The second kappa shape index (κ2) is 5.75. The van der Waals surface area contributed by atoms with Crippen LogP contribution in [-0.2, 0) is 14.3 Å². The highest BCUT2D eigenvalue weighted by Gasteiger charge is 2.41. The number of methoxy groups -OCH3 is 1. The van der Waals surface area contributed by atoms with Crippen molar-refractivity contribution in [3.05, 3.63) is 0 Å². The highest BCUT2D eigenvalue weighted by molar-refractivity contribution is 6.18. The van der Waals surface area contributed by atoms with Gasteiger partial charge in [0, 0.05) is 11.9 Å². The first-order chi connectivity index (χ1) is 8.28. The Morgan fingerprint density at radius 1 is 1.44 bits per heavy atom. The molecule has 1 aliphatic heterocycles. The summed E-state index contributed by atoms with van der Waals surface area (Å²) in [5.41, 5.74) is 2.23. The average Bonchev–Trinajstić information content (AvgIpc) is 2.69. The standard InChI is InChI=1S/C11H19ClN2O4/c1-11(2,3)18-10(16)14-8(9(15)17-4)5-7(6-12)13-14/h7-8,13H,5-6H2,1-4H3/t7-,8-/m0/s1. The van der Waals surface area contributed by atoms with Gasteiger partial charge in [0.2, 0.25) is 0 Å². The Bertz CT molecular complexity index is 329. The quantitative estimate of drug-likeness (QED) is 0.609. The van der Waals surface area contributed by atoms with Crippen LogP contribution >= 0.6 is 11.6 Å². The summed E-state index contributed by atoms with van der Waals surface area (Å²) < 4.78 is 9.88. The molecule has 2 atom stereocenters. The first kappa shape index (κ1) is 15.0. The number of halogens is 1. The molecule has 6 nitrogen and oxygen atoms in total. The Labute approximate surface area is 112 Å². The Morgan fingerprint density at radius 3 is 2.50 bits per heavy atom. The van der Waals surface area contributed by atoms with E-state index in [-0.39, 0.29) is 6.04 Å². The summed E-state index contributed by atoms with van der Waals surface area (Å²) in [5.74, 6) is -0.187. The fourth-order valence-electron chi connectivity index (χ4n) is 1.64. The predicted molar refractivity (Wildman–Crippen MR) is 66.1 cm³/mol. The Morgan fingerprint density at radius 2 is 2.06 bits per heavy atom. The van der Waals surface area contributed by atoms with Gasteiger partial charge in [-0.2, -0.15) is 0 Å². The number of hydrogen-bond donors (Lipinski definition) is 1. The second-order valence-corrected chi connectivity index (χ2v) is 5.41. The molecule has 0 saturated carbocycles. The van der Waals surface area contributed by atoms with E-state index in [0.29, 0.717) is 12.3 Å². The third kappa shape index (κ3) is 3.74. The molecule has 0 spiro atoms. The molecule has 0 unspecified atom stereocenters. The van der Waals surface area contributed by atoms with Gasteiger partial charge in [-0.25, -0.2) is 20.0 Å². The molecule has 1 fully saturated rings. The van der Waals surface area contributed by atoms with Gasteiger partial charge < -0.3 is 9.47 Å². The molecular formula is C11H19ClN2O4. The summed E-state index contributed by atoms with van der Waals surface area (Å²) in [7, 11) is 1.28. The molecular weight excluding hydrogens is 260 g/mol. The zero-order valence-corrected chi connectivity index (χ0v) is 11.8. The molecule has 0 aromatic rings. The SMILES string of the molecule is COC(=O)[C@@H]1C[C@@H](CCl)NN1C(=O)OC(C)(C)C. The lowest BCUT2D eigenvalue weighted by atomic mass is 10.1. The summed E-state index contributed by atoms with van der Waals surface area (Å²) in [6.45, 7) is 5.27. The monoisotopic (exact) mass is 278 g/mol. The summed E-state index contributed by atoms with van der Waals surface area (Å²) >= 11 is 5.73. The highest BCUT2D eigenvalue weighted by Crippen LogP contribution is 2.20.